The highest BCUT2D eigenvalue weighted by Gasteiger charge is 2.48. The first-order valence-electron chi connectivity index (χ1n) is 14.0. The Balaban J connectivity index is 1.39. The van der Waals surface area contributed by atoms with Gasteiger partial charge >= 0.3 is 6.09 Å². The largest absolute Gasteiger partial charge is 0.447 e. The third-order valence-electron chi connectivity index (χ3n) is 9.01. The van der Waals surface area contributed by atoms with Gasteiger partial charge in [-0.3, -0.25) is 9.59 Å². The molecule has 2 saturated heterocycles. The van der Waals surface area contributed by atoms with Gasteiger partial charge in [0.05, 0.1) is 18.2 Å². The van der Waals surface area contributed by atoms with Crippen LogP contribution in [-0.4, -0.2) is 82.5 Å². The number of likely N-dealkylation sites (tertiary alicyclic amines) is 1. The fourth-order valence-corrected chi connectivity index (χ4v) is 7.41. The van der Waals surface area contributed by atoms with Gasteiger partial charge in [0.2, 0.25) is 11.8 Å². The number of piperazine rings is 1. The summed E-state index contributed by atoms with van der Waals surface area (Å²) in [6, 6.07) is 0.189. The van der Waals surface area contributed by atoms with E-state index in [1.807, 2.05) is 35.5 Å². The molecule has 0 bridgehead atoms. The molecule has 0 aromatic heterocycles. The summed E-state index contributed by atoms with van der Waals surface area (Å²) in [6.45, 7) is 9.53. The van der Waals surface area contributed by atoms with E-state index in [9.17, 15) is 14.4 Å². The van der Waals surface area contributed by atoms with Crippen molar-refractivity contribution >= 4 is 17.9 Å². The van der Waals surface area contributed by atoms with E-state index in [4.69, 9.17) is 10.5 Å². The van der Waals surface area contributed by atoms with Crippen molar-refractivity contribution in [3.05, 3.63) is 0 Å². The summed E-state index contributed by atoms with van der Waals surface area (Å²) in [5.41, 5.74) is 6.11. The van der Waals surface area contributed by atoms with Gasteiger partial charge in [0.1, 0.15) is 0 Å². The van der Waals surface area contributed by atoms with Crippen LogP contribution in [0.25, 0.3) is 0 Å². The fourth-order valence-electron chi connectivity index (χ4n) is 7.41. The molecule has 2 N–H and O–H groups in total. The standard InChI is InChI=1S/C27H46N4O4/c1-17(2)35-27(34)30-15-18(3)31(19(4)32)24-12-11-22(14-25(24)30)20-7-9-21(10-8-20)26(33)29-13-5-6-23(28)16-29/h17-18,20-25H,5-16,28H2,1-4H3/t18-,20?,21?,22?,23+,24?,25?/m0/s1. The van der Waals surface area contributed by atoms with Gasteiger partial charge in [0.15, 0.2) is 0 Å². The van der Waals surface area contributed by atoms with Crippen molar-refractivity contribution in [1.29, 1.82) is 0 Å². The van der Waals surface area contributed by atoms with E-state index in [0.717, 1.165) is 64.3 Å². The highest BCUT2D eigenvalue weighted by atomic mass is 16.6. The summed E-state index contributed by atoms with van der Waals surface area (Å²) >= 11 is 0. The second kappa shape index (κ2) is 11.1. The molecule has 0 spiro atoms. The highest BCUT2D eigenvalue weighted by molar-refractivity contribution is 5.79. The number of rotatable bonds is 3. The van der Waals surface area contributed by atoms with Crippen molar-refractivity contribution in [2.24, 2.45) is 23.5 Å². The van der Waals surface area contributed by atoms with E-state index in [1.54, 1.807) is 6.92 Å². The Hall–Kier alpha value is -1.83. The molecule has 0 radical (unpaired) electrons. The van der Waals surface area contributed by atoms with E-state index < -0.39 is 0 Å². The zero-order chi connectivity index (χ0) is 25.3. The predicted molar refractivity (Wildman–Crippen MR) is 134 cm³/mol. The number of nitrogens with zero attached hydrogens (tertiary/aromatic N) is 3. The normalized spacial score (nSPS) is 36.1. The summed E-state index contributed by atoms with van der Waals surface area (Å²) in [7, 11) is 0. The summed E-state index contributed by atoms with van der Waals surface area (Å²) in [5.74, 6) is 1.64. The third kappa shape index (κ3) is 5.78. The molecule has 2 saturated carbocycles. The maximum absolute atomic E-state index is 13.1. The van der Waals surface area contributed by atoms with Crippen LogP contribution in [0.4, 0.5) is 4.79 Å². The van der Waals surface area contributed by atoms with Gasteiger partial charge in [-0.15, -0.1) is 0 Å². The van der Waals surface area contributed by atoms with Crippen molar-refractivity contribution < 1.29 is 19.1 Å². The lowest BCUT2D eigenvalue weighted by atomic mass is 9.68. The van der Waals surface area contributed by atoms with Crippen LogP contribution in [0.3, 0.4) is 0 Å². The molecule has 4 aliphatic rings. The molecule has 198 valence electrons. The van der Waals surface area contributed by atoms with Gasteiger partial charge in [-0.25, -0.2) is 4.79 Å². The van der Waals surface area contributed by atoms with Gasteiger partial charge in [-0.05, 0) is 90.4 Å². The van der Waals surface area contributed by atoms with Gasteiger partial charge in [-0.2, -0.15) is 0 Å². The number of fused-ring (bicyclic) bond motifs is 1. The number of hydrogen-bond acceptors (Lipinski definition) is 5. The number of carbonyl (C=O) groups excluding carboxylic acids is 3. The lowest BCUT2D eigenvalue weighted by Crippen LogP contribution is -2.67. The highest BCUT2D eigenvalue weighted by Crippen LogP contribution is 2.44. The van der Waals surface area contributed by atoms with Crippen LogP contribution >= 0.6 is 0 Å². The van der Waals surface area contributed by atoms with E-state index in [2.05, 4.69) is 0 Å². The van der Waals surface area contributed by atoms with Gasteiger partial charge in [-0.1, -0.05) is 0 Å². The fraction of sp³-hybridized carbons (Fsp3) is 0.889. The van der Waals surface area contributed by atoms with Gasteiger partial charge in [0.25, 0.3) is 0 Å². The molecule has 3 unspecified atom stereocenters. The number of nitrogens with two attached hydrogens (primary N) is 1. The molecule has 2 aliphatic carbocycles. The minimum absolute atomic E-state index is 0.00521. The first kappa shape index (κ1) is 26.2. The van der Waals surface area contributed by atoms with Crippen molar-refractivity contribution in [2.75, 3.05) is 19.6 Å². The Morgan fingerprint density at radius 3 is 2.23 bits per heavy atom. The maximum atomic E-state index is 13.1. The molecule has 4 rings (SSSR count). The van der Waals surface area contributed by atoms with E-state index in [-0.39, 0.29) is 48.2 Å². The number of ether oxygens (including phenoxy) is 1. The molecule has 35 heavy (non-hydrogen) atoms. The molecule has 4 fully saturated rings. The lowest BCUT2D eigenvalue weighted by Gasteiger charge is -2.54. The number of hydrogen-bond donors (Lipinski definition) is 1. The van der Waals surface area contributed by atoms with Crippen molar-refractivity contribution in [2.45, 2.75) is 116 Å². The molecule has 8 heteroatoms. The van der Waals surface area contributed by atoms with Crippen LogP contribution in [0.15, 0.2) is 0 Å². The minimum atomic E-state index is -0.250. The van der Waals surface area contributed by atoms with E-state index in [1.165, 1.54) is 0 Å². The Bertz CT molecular complexity index is 781. The average molecular weight is 491 g/mol. The molecule has 8 nitrogen and oxygen atoms in total. The van der Waals surface area contributed by atoms with Crippen LogP contribution in [0.2, 0.25) is 0 Å². The van der Waals surface area contributed by atoms with Crippen molar-refractivity contribution in [3.63, 3.8) is 0 Å². The SMILES string of the molecule is CC(=O)N1C2CCC(C3CCC(C(=O)N4CCC[C@@H](N)C4)CC3)CC2N(C(=O)OC(C)C)C[C@@H]1C. The topological polar surface area (TPSA) is 96.2 Å². The van der Waals surface area contributed by atoms with Crippen LogP contribution in [0.1, 0.15) is 85.5 Å². The van der Waals surface area contributed by atoms with Crippen LogP contribution in [0, 0.1) is 17.8 Å². The summed E-state index contributed by atoms with van der Waals surface area (Å²) in [6.07, 6.45) is 8.58. The first-order valence-corrected chi connectivity index (χ1v) is 14.0. The smallest absolute Gasteiger partial charge is 0.410 e. The van der Waals surface area contributed by atoms with E-state index in [0.29, 0.717) is 30.8 Å². The molecule has 0 aromatic rings. The Morgan fingerprint density at radius 1 is 0.914 bits per heavy atom. The molecule has 5 atom stereocenters. The third-order valence-corrected chi connectivity index (χ3v) is 9.01. The summed E-state index contributed by atoms with van der Waals surface area (Å²) in [5, 5.41) is 0. The Kier molecular flexibility index (Phi) is 8.29. The molecular weight excluding hydrogens is 444 g/mol. The second-order valence-corrected chi connectivity index (χ2v) is 11.9. The summed E-state index contributed by atoms with van der Waals surface area (Å²) in [4.78, 5) is 44.5. The van der Waals surface area contributed by atoms with Crippen LogP contribution < -0.4 is 5.73 Å². The zero-order valence-corrected chi connectivity index (χ0v) is 22.2. The first-order chi connectivity index (χ1) is 16.7. The maximum Gasteiger partial charge on any atom is 0.410 e. The Morgan fingerprint density at radius 2 is 1.60 bits per heavy atom. The van der Waals surface area contributed by atoms with E-state index >= 15 is 0 Å². The van der Waals surface area contributed by atoms with Gasteiger partial charge in [0, 0.05) is 44.6 Å². The minimum Gasteiger partial charge on any atom is -0.447 e. The lowest BCUT2D eigenvalue weighted by molar-refractivity contribution is -0.143. The quantitative estimate of drug-likeness (QED) is 0.654. The van der Waals surface area contributed by atoms with Crippen molar-refractivity contribution in [3.8, 4) is 0 Å². The van der Waals surface area contributed by atoms with Gasteiger partial charge < -0.3 is 25.2 Å². The van der Waals surface area contributed by atoms with Crippen LogP contribution in [0.5, 0.6) is 0 Å². The average Bonchev–Trinajstić information content (AvgIpc) is 2.82. The molecule has 0 aromatic carbocycles. The number of amides is 3. The number of piperidine rings is 1. The zero-order valence-electron chi connectivity index (χ0n) is 22.2. The van der Waals surface area contributed by atoms with Crippen molar-refractivity contribution in [1.82, 2.24) is 14.7 Å². The molecule has 2 aliphatic heterocycles. The summed E-state index contributed by atoms with van der Waals surface area (Å²) < 4.78 is 5.60. The number of carbonyl (C=O) groups is 3. The molecule has 2 heterocycles. The predicted octanol–water partition coefficient (Wildman–Crippen LogP) is 3.38. The molecule has 3 amide bonds. The molecular formula is C27H46N4O4. The second-order valence-electron chi connectivity index (χ2n) is 11.9. The van der Waals surface area contributed by atoms with Crippen LogP contribution in [-0.2, 0) is 14.3 Å². The monoisotopic (exact) mass is 490 g/mol. The Labute approximate surface area is 210 Å².